The highest BCUT2D eigenvalue weighted by Crippen LogP contribution is 2.34. The van der Waals surface area contributed by atoms with Gasteiger partial charge in [-0.1, -0.05) is 25.5 Å². The van der Waals surface area contributed by atoms with Crippen molar-refractivity contribution in [2.24, 2.45) is 5.92 Å². The predicted octanol–water partition coefficient (Wildman–Crippen LogP) is 3.18. The second kappa shape index (κ2) is 6.60. The van der Waals surface area contributed by atoms with Crippen molar-refractivity contribution >= 4 is 5.97 Å². The Morgan fingerprint density at radius 2 is 2.30 bits per heavy atom. The Bertz CT molecular complexity index is 517. The Labute approximate surface area is 120 Å². The Balaban J connectivity index is 2.21. The third kappa shape index (κ3) is 3.21. The second-order valence-corrected chi connectivity index (χ2v) is 5.34. The number of carbonyl (C=O) groups excluding carboxylic acids is 1. The normalized spacial score (nSPS) is 18.0. The first kappa shape index (κ1) is 14.6. The summed E-state index contributed by atoms with van der Waals surface area (Å²) in [6, 6.07) is 3.85. The number of ether oxygens (including phenoxy) is 1. The lowest BCUT2D eigenvalue weighted by molar-refractivity contribution is -0.134. The highest BCUT2D eigenvalue weighted by molar-refractivity contribution is 5.81. The van der Waals surface area contributed by atoms with Crippen molar-refractivity contribution in [3.63, 3.8) is 0 Å². The van der Waals surface area contributed by atoms with E-state index in [0.29, 0.717) is 11.7 Å². The number of phenolic OH excluding ortho intramolecular Hbond substituents is 1. The molecule has 1 aromatic carbocycles. The molecule has 108 valence electrons. The van der Waals surface area contributed by atoms with E-state index < -0.39 is 0 Å². The molecule has 1 aromatic rings. The molecule has 0 saturated heterocycles. The molecule has 0 radical (unpaired) electrons. The zero-order chi connectivity index (χ0) is 14.5. The molecule has 0 saturated carbocycles. The molecule has 0 fully saturated rings. The minimum Gasteiger partial charge on any atom is -0.508 e. The van der Waals surface area contributed by atoms with E-state index >= 15 is 0 Å². The molecule has 1 atom stereocenters. The molecule has 0 amide bonds. The van der Waals surface area contributed by atoms with E-state index in [0.717, 1.165) is 37.7 Å². The van der Waals surface area contributed by atoms with Crippen LogP contribution in [0.1, 0.15) is 36.5 Å². The lowest BCUT2D eigenvalue weighted by Gasteiger charge is -2.25. The van der Waals surface area contributed by atoms with Gasteiger partial charge in [0.25, 0.3) is 0 Å². The molecule has 0 aliphatic heterocycles. The Morgan fingerprint density at radius 1 is 1.50 bits per heavy atom. The highest BCUT2D eigenvalue weighted by atomic mass is 16.5. The predicted molar refractivity (Wildman–Crippen MR) is 78.8 cm³/mol. The maximum absolute atomic E-state index is 11.2. The first-order chi connectivity index (χ1) is 9.65. The van der Waals surface area contributed by atoms with Gasteiger partial charge in [-0.2, -0.15) is 0 Å². The molecule has 3 heteroatoms. The molecule has 1 aliphatic carbocycles. The van der Waals surface area contributed by atoms with Crippen LogP contribution in [-0.2, 0) is 28.8 Å². The number of esters is 1. The molecule has 0 heterocycles. The molecule has 0 aromatic heterocycles. The monoisotopic (exact) mass is 274 g/mol. The van der Waals surface area contributed by atoms with Gasteiger partial charge in [-0.15, -0.1) is 0 Å². The number of aryl methyl sites for hydroxylation is 1. The first-order valence-corrected chi connectivity index (χ1v) is 7.24. The van der Waals surface area contributed by atoms with E-state index in [1.807, 2.05) is 18.2 Å². The molecule has 1 N–H and O–H groups in total. The smallest absolute Gasteiger partial charge is 0.330 e. The second-order valence-electron chi connectivity index (χ2n) is 5.34. The largest absolute Gasteiger partial charge is 0.508 e. The number of carbonyl (C=O) groups is 1. The van der Waals surface area contributed by atoms with Crippen LogP contribution in [0.2, 0.25) is 0 Å². The summed E-state index contributed by atoms with van der Waals surface area (Å²) in [7, 11) is 1.39. The molecule has 1 aliphatic rings. The van der Waals surface area contributed by atoms with Crippen molar-refractivity contribution in [3.8, 4) is 5.75 Å². The topological polar surface area (TPSA) is 46.5 Å². The van der Waals surface area contributed by atoms with E-state index in [1.165, 1.54) is 24.3 Å². The SMILES string of the molecule is CCCc1c(O)ccc2c1CC(/C=C/C(=O)OC)CC2. The van der Waals surface area contributed by atoms with E-state index in [4.69, 9.17) is 0 Å². The van der Waals surface area contributed by atoms with Gasteiger partial charge in [0.2, 0.25) is 0 Å². The minimum atomic E-state index is -0.305. The van der Waals surface area contributed by atoms with Crippen molar-refractivity contribution in [2.45, 2.75) is 39.0 Å². The van der Waals surface area contributed by atoms with E-state index in [2.05, 4.69) is 11.7 Å². The van der Waals surface area contributed by atoms with E-state index in [-0.39, 0.29) is 5.97 Å². The molecule has 1 unspecified atom stereocenters. The van der Waals surface area contributed by atoms with Gasteiger partial charge in [-0.3, -0.25) is 0 Å². The minimum absolute atomic E-state index is 0.305. The zero-order valence-corrected chi connectivity index (χ0v) is 12.2. The van der Waals surface area contributed by atoms with Crippen molar-refractivity contribution in [1.82, 2.24) is 0 Å². The van der Waals surface area contributed by atoms with Crippen molar-refractivity contribution < 1.29 is 14.6 Å². The summed E-state index contributed by atoms with van der Waals surface area (Å²) < 4.78 is 4.63. The van der Waals surface area contributed by atoms with Crippen LogP contribution in [0.5, 0.6) is 5.75 Å². The van der Waals surface area contributed by atoms with Crippen LogP contribution in [0.25, 0.3) is 0 Å². The molecular weight excluding hydrogens is 252 g/mol. The number of hydrogen-bond acceptors (Lipinski definition) is 3. The maximum Gasteiger partial charge on any atom is 0.330 e. The average Bonchev–Trinajstić information content (AvgIpc) is 2.47. The summed E-state index contributed by atoms with van der Waals surface area (Å²) >= 11 is 0. The fraction of sp³-hybridized carbons (Fsp3) is 0.471. The van der Waals surface area contributed by atoms with Gasteiger partial charge in [0.15, 0.2) is 0 Å². The summed E-state index contributed by atoms with van der Waals surface area (Å²) in [4.78, 5) is 11.2. The number of hydrogen-bond donors (Lipinski definition) is 1. The molecule has 2 rings (SSSR count). The van der Waals surface area contributed by atoms with Crippen molar-refractivity contribution in [3.05, 3.63) is 41.0 Å². The summed E-state index contributed by atoms with van der Waals surface area (Å²) in [6.07, 6.45) is 8.31. The molecular formula is C17H22O3. The maximum atomic E-state index is 11.2. The average molecular weight is 274 g/mol. The lowest BCUT2D eigenvalue weighted by atomic mass is 9.80. The Kier molecular flexibility index (Phi) is 4.83. The molecule has 0 bridgehead atoms. The zero-order valence-electron chi connectivity index (χ0n) is 12.2. The van der Waals surface area contributed by atoms with Gasteiger partial charge >= 0.3 is 5.97 Å². The Morgan fingerprint density at radius 3 is 3.00 bits per heavy atom. The van der Waals surface area contributed by atoms with Crippen LogP contribution in [0.15, 0.2) is 24.3 Å². The Hall–Kier alpha value is -1.77. The fourth-order valence-corrected chi connectivity index (χ4v) is 2.90. The van der Waals surface area contributed by atoms with Crippen LogP contribution in [0.4, 0.5) is 0 Å². The van der Waals surface area contributed by atoms with Crippen LogP contribution >= 0.6 is 0 Å². The number of allylic oxidation sites excluding steroid dienone is 1. The number of phenols is 1. The van der Waals surface area contributed by atoms with Crippen molar-refractivity contribution in [1.29, 1.82) is 0 Å². The van der Waals surface area contributed by atoms with Crippen LogP contribution < -0.4 is 0 Å². The number of benzene rings is 1. The first-order valence-electron chi connectivity index (χ1n) is 7.24. The van der Waals surface area contributed by atoms with Crippen molar-refractivity contribution in [2.75, 3.05) is 7.11 Å². The van der Waals surface area contributed by atoms with E-state index in [1.54, 1.807) is 0 Å². The quantitative estimate of drug-likeness (QED) is 0.677. The standard InChI is InChI=1S/C17H22O3/c1-3-4-14-15-11-12(6-10-17(19)20-2)5-7-13(15)8-9-16(14)18/h6,8-10,12,18H,3-5,7,11H2,1-2H3/b10-6+. The molecule has 20 heavy (non-hydrogen) atoms. The molecule has 3 nitrogen and oxygen atoms in total. The summed E-state index contributed by atoms with van der Waals surface area (Å²) in [6.45, 7) is 2.12. The van der Waals surface area contributed by atoms with Gasteiger partial charge in [0.05, 0.1) is 7.11 Å². The number of fused-ring (bicyclic) bond motifs is 1. The molecule has 0 spiro atoms. The van der Waals surface area contributed by atoms with Crippen LogP contribution in [0, 0.1) is 5.92 Å². The van der Waals surface area contributed by atoms with Gasteiger partial charge < -0.3 is 9.84 Å². The fourth-order valence-electron chi connectivity index (χ4n) is 2.90. The summed E-state index contributed by atoms with van der Waals surface area (Å²) in [5, 5.41) is 10.0. The number of methoxy groups -OCH3 is 1. The third-order valence-corrected chi connectivity index (χ3v) is 3.96. The van der Waals surface area contributed by atoms with Crippen LogP contribution in [0.3, 0.4) is 0 Å². The van der Waals surface area contributed by atoms with Gasteiger partial charge in [-0.25, -0.2) is 4.79 Å². The summed E-state index contributed by atoms with van der Waals surface area (Å²) in [5.74, 6) is 0.447. The van der Waals surface area contributed by atoms with E-state index in [9.17, 15) is 9.90 Å². The van der Waals surface area contributed by atoms with Crippen LogP contribution in [-0.4, -0.2) is 18.2 Å². The third-order valence-electron chi connectivity index (χ3n) is 3.96. The van der Waals surface area contributed by atoms with Gasteiger partial charge in [-0.05, 0) is 54.4 Å². The highest BCUT2D eigenvalue weighted by Gasteiger charge is 2.21. The number of aromatic hydroxyl groups is 1. The van der Waals surface area contributed by atoms with Gasteiger partial charge in [0.1, 0.15) is 5.75 Å². The lowest BCUT2D eigenvalue weighted by Crippen LogP contribution is -2.15. The number of rotatable bonds is 4. The summed E-state index contributed by atoms with van der Waals surface area (Å²) in [5.41, 5.74) is 3.70. The van der Waals surface area contributed by atoms with Gasteiger partial charge in [0, 0.05) is 6.08 Å².